The highest BCUT2D eigenvalue weighted by Gasteiger charge is 2.19. The summed E-state index contributed by atoms with van der Waals surface area (Å²) in [6.07, 6.45) is 1.90. The van der Waals surface area contributed by atoms with Crippen LogP contribution in [0.4, 0.5) is 10.1 Å². The topological polar surface area (TPSA) is 69.7 Å². The van der Waals surface area contributed by atoms with E-state index >= 15 is 0 Å². The molecule has 6 nitrogen and oxygen atoms in total. The number of halogens is 1. The first-order valence-corrected chi connectivity index (χ1v) is 10.8. The third kappa shape index (κ3) is 6.31. The molecule has 2 aromatic rings. The van der Waals surface area contributed by atoms with Gasteiger partial charge < -0.3 is 10.2 Å². The van der Waals surface area contributed by atoms with Crippen LogP contribution in [0.25, 0.3) is 0 Å². The summed E-state index contributed by atoms with van der Waals surface area (Å²) >= 11 is 0. The van der Waals surface area contributed by atoms with Gasteiger partial charge in [-0.1, -0.05) is 18.2 Å². The number of carbonyl (C=O) groups is 1. The molecule has 8 heteroatoms. The van der Waals surface area contributed by atoms with E-state index in [0.717, 1.165) is 23.5 Å². The highest BCUT2D eigenvalue weighted by Crippen LogP contribution is 2.22. The van der Waals surface area contributed by atoms with Crippen molar-refractivity contribution in [3.8, 4) is 0 Å². The Kier molecular flexibility index (Phi) is 7.53. The van der Waals surface area contributed by atoms with Gasteiger partial charge in [0, 0.05) is 17.7 Å². The van der Waals surface area contributed by atoms with E-state index in [1.165, 1.54) is 6.07 Å². The van der Waals surface area contributed by atoms with Gasteiger partial charge in [-0.3, -0.25) is 9.10 Å². The minimum atomic E-state index is -3.63. The molecule has 1 amide bonds. The van der Waals surface area contributed by atoms with E-state index in [9.17, 15) is 17.6 Å². The number of carbonyl (C=O) groups excluding carboxylic acids is 1. The van der Waals surface area contributed by atoms with E-state index in [1.807, 2.05) is 19.0 Å². The zero-order valence-electron chi connectivity index (χ0n) is 16.4. The Labute approximate surface area is 166 Å². The number of hydrogen-bond acceptors (Lipinski definition) is 4. The fraction of sp³-hybridized carbons (Fsp3) is 0.350. The maximum absolute atomic E-state index is 13.9. The Morgan fingerprint density at radius 1 is 1.07 bits per heavy atom. The lowest BCUT2D eigenvalue weighted by Crippen LogP contribution is -2.30. The Morgan fingerprint density at radius 3 is 2.29 bits per heavy atom. The van der Waals surface area contributed by atoms with Crippen LogP contribution in [0.3, 0.4) is 0 Å². The third-order valence-electron chi connectivity index (χ3n) is 4.16. The number of benzene rings is 2. The van der Waals surface area contributed by atoms with Gasteiger partial charge >= 0.3 is 0 Å². The molecule has 0 fully saturated rings. The average molecular weight is 408 g/mol. The minimum Gasteiger partial charge on any atom is -0.352 e. The normalized spacial score (nSPS) is 11.5. The number of sulfonamides is 1. The Balaban J connectivity index is 2.11. The Bertz CT molecular complexity index is 899. The molecule has 0 saturated heterocycles. The molecule has 0 unspecified atom stereocenters. The maximum atomic E-state index is 13.9. The molecule has 0 spiro atoms. The Morgan fingerprint density at radius 2 is 1.71 bits per heavy atom. The molecule has 0 radical (unpaired) electrons. The van der Waals surface area contributed by atoms with Crippen molar-refractivity contribution in [1.82, 2.24) is 10.2 Å². The zero-order valence-corrected chi connectivity index (χ0v) is 17.2. The predicted molar refractivity (Wildman–Crippen MR) is 109 cm³/mol. The van der Waals surface area contributed by atoms with Gasteiger partial charge in [-0.05, 0) is 57.4 Å². The van der Waals surface area contributed by atoms with Gasteiger partial charge in [0.1, 0.15) is 5.82 Å². The van der Waals surface area contributed by atoms with Crippen LogP contribution in [0.2, 0.25) is 0 Å². The third-order valence-corrected chi connectivity index (χ3v) is 5.30. The molecule has 2 aromatic carbocycles. The van der Waals surface area contributed by atoms with Gasteiger partial charge in [0.2, 0.25) is 10.0 Å². The van der Waals surface area contributed by atoms with Crippen LogP contribution in [0.1, 0.15) is 22.3 Å². The summed E-state index contributed by atoms with van der Waals surface area (Å²) in [5.41, 5.74) is 1.08. The fourth-order valence-corrected chi connectivity index (χ4v) is 3.54. The van der Waals surface area contributed by atoms with Crippen molar-refractivity contribution in [2.24, 2.45) is 0 Å². The van der Waals surface area contributed by atoms with Crippen molar-refractivity contribution < 1.29 is 17.6 Å². The predicted octanol–water partition coefficient (Wildman–Crippen LogP) is 2.47. The first-order valence-electron chi connectivity index (χ1n) is 8.92. The average Bonchev–Trinajstić information content (AvgIpc) is 2.63. The molecule has 0 saturated carbocycles. The second kappa shape index (κ2) is 9.66. The first-order chi connectivity index (χ1) is 13.2. The molecule has 152 valence electrons. The van der Waals surface area contributed by atoms with Gasteiger partial charge in [0.25, 0.3) is 5.91 Å². The van der Waals surface area contributed by atoms with E-state index < -0.39 is 15.8 Å². The number of nitrogens with one attached hydrogen (secondary N) is 1. The largest absolute Gasteiger partial charge is 0.352 e. The van der Waals surface area contributed by atoms with Crippen LogP contribution in [0.15, 0.2) is 48.5 Å². The van der Waals surface area contributed by atoms with Crippen molar-refractivity contribution in [3.05, 3.63) is 65.5 Å². The van der Waals surface area contributed by atoms with Crippen molar-refractivity contribution in [2.75, 3.05) is 37.7 Å². The Hall–Kier alpha value is -2.45. The molecular formula is C20H26FN3O3S. The summed E-state index contributed by atoms with van der Waals surface area (Å²) in [5, 5.41) is 2.83. The van der Waals surface area contributed by atoms with Crippen molar-refractivity contribution >= 4 is 21.6 Å². The smallest absolute Gasteiger partial charge is 0.251 e. The van der Waals surface area contributed by atoms with E-state index in [1.54, 1.807) is 42.5 Å². The standard InChI is InChI=1S/C20H26FN3O3S/c1-23(2)14-6-13-22-20(25)16-9-11-18(12-10-16)24(28(3,26)27)15-17-7-4-5-8-19(17)21/h4-5,7-12H,6,13-15H2,1-3H3,(H,22,25). The molecule has 0 bridgehead atoms. The van der Waals surface area contributed by atoms with Crippen molar-refractivity contribution in [2.45, 2.75) is 13.0 Å². The van der Waals surface area contributed by atoms with Crippen LogP contribution in [0.5, 0.6) is 0 Å². The SMILES string of the molecule is CN(C)CCCNC(=O)c1ccc(N(Cc2ccccc2F)S(C)(=O)=O)cc1. The van der Waals surface area contributed by atoms with E-state index in [2.05, 4.69) is 5.32 Å². The molecule has 1 N–H and O–H groups in total. The minimum absolute atomic E-state index is 0.123. The summed E-state index contributed by atoms with van der Waals surface area (Å²) in [4.78, 5) is 14.2. The molecule has 0 aliphatic rings. The maximum Gasteiger partial charge on any atom is 0.251 e. The molecule has 0 aromatic heterocycles. The monoisotopic (exact) mass is 407 g/mol. The highest BCUT2D eigenvalue weighted by molar-refractivity contribution is 7.92. The van der Waals surface area contributed by atoms with Gasteiger partial charge in [-0.15, -0.1) is 0 Å². The summed E-state index contributed by atoms with van der Waals surface area (Å²) < 4.78 is 39.5. The number of rotatable bonds is 9. The van der Waals surface area contributed by atoms with Crippen LogP contribution in [-0.4, -0.2) is 52.7 Å². The molecule has 28 heavy (non-hydrogen) atoms. The van der Waals surface area contributed by atoms with Crippen molar-refractivity contribution in [1.29, 1.82) is 0 Å². The molecule has 0 heterocycles. The summed E-state index contributed by atoms with van der Waals surface area (Å²) in [6, 6.07) is 12.3. The quantitative estimate of drug-likeness (QED) is 0.649. The van der Waals surface area contributed by atoms with Crippen LogP contribution >= 0.6 is 0 Å². The summed E-state index contributed by atoms with van der Waals surface area (Å²) in [6.45, 7) is 1.31. The zero-order chi connectivity index (χ0) is 20.7. The van der Waals surface area contributed by atoms with Gasteiger partial charge in [0.15, 0.2) is 0 Å². The number of hydrogen-bond donors (Lipinski definition) is 1. The van der Waals surface area contributed by atoms with E-state index in [0.29, 0.717) is 17.8 Å². The molecule has 0 aliphatic heterocycles. The van der Waals surface area contributed by atoms with E-state index in [4.69, 9.17) is 0 Å². The molecular weight excluding hydrogens is 381 g/mol. The lowest BCUT2D eigenvalue weighted by Gasteiger charge is -2.23. The van der Waals surface area contributed by atoms with Crippen LogP contribution in [0, 0.1) is 5.82 Å². The first kappa shape index (κ1) is 21.8. The van der Waals surface area contributed by atoms with Crippen molar-refractivity contribution in [3.63, 3.8) is 0 Å². The summed E-state index contributed by atoms with van der Waals surface area (Å²) in [7, 11) is 0.305. The molecule has 0 aliphatic carbocycles. The van der Waals surface area contributed by atoms with Gasteiger partial charge in [-0.2, -0.15) is 0 Å². The second-order valence-corrected chi connectivity index (χ2v) is 8.73. The van der Waals surface area contributed by atoms with Crippen LogP contribution in [-0.2, 0) is 16.6 Å². The number of nitrogens with zero attached hydrogens (tertiary/aromatic N) is 2. The number of amides is 1. The molecule has 0 atom stereocenters. The lowest BCUT2D eigenvalue weighted by atomic mass is 10.1. The highest BCUT2D eigenvalue weighted by atomic mass is 32.2. The number of anilines is 1. The summed E-state index contributed by atoms with van der Waals surface area (Å²) in [5.74, 6) is -0.685. The fourth-order valence-electron chi connectivity index (χ4n) is 2.66. The van der Waals surface area contributed by atoms with Crippen LogP contribution < -0.4 is 9.62 Å². The van der Waals surface area contributed by atoms with Gasteiger partial charge in [-0.25, -0.2) is 12.8 Å². The lowest BCUT2D eigenvalue weighted by molar-refractivity contribution is 0.0952. The molecule has 2 rings (SSSR count). The second-order valence-electron chi connectivity index (χ2n) is 6.82. The van der Waals surface area contributed by atoms with Gasteiger partial charge in [0.05, 0.1) is 18.5 Å². The van der Waals surface area contributed by atoms with E-state index in [-0.39, 0.29) is 18.0 Å².